The van der Waals surface area contributed by atoms with Gasteiger partial charge in [-0.25, -0.2) is 0 Å². The summed E-state index contributed by atoms with van der Waals surface area (Å²) in [5.41, 5.74) is 0. The minimum atomic E-state index is -1.01. The second-order valence-electron chi connectivity index (χ2n) is 3.34. The van der Waals surface area contributed by atoms with Crippen LogP contribution in [-0.4, -0.2) is 33.6 Å². The average Bonchev–Trinajstić information content (AvgIpc) is 2.12. The zero-order valence-corrected chi connectivity index (χ0v) is 8.07. The van der Waals surface area contributed by atoms with Gasteiger partial charge >= 0.3 is 0 Å². The second kappa shape index (κ2) is 5.51. The van der Waals surface area contributed by atoms with Crippen LogP contribution in [0.1, 0.15) is 33.6 Å². The van der Waals surface area contributed by atoms with Crippen LogP contribution < -0.4 is 0 Å². The van der Waals surface area contributed by atoms with Gasteiger partial charge in [0.15, 0.2) is 0 Å². The lowest BCUT2D eigenvalue weighted by molar-refractivity contribution is -0.0792. The number of rotatable bonds is 5. The molecule has 0 amide bonds. The summed E-state index contributed by atoms with van der Waals surface area (Å²) in [6.07, 6.45) is -1.37. The van der Waals surface area contributed by atoms with Crippen molar-refractivity contribution in [1.82, 2.24) is 0 Å². The van der Waals surface area contributed by atoms with Gasteiger partial charge in [0.2, 0.25) is 0 Å². The zero-order valence-electron chi connectivity index (χ0n) is 8.07. The van der Waals surface area contributed by atoms with E-state index in [1.54, 1.807) is 6.92 Å². The standard InChI is InChI=1S/C9H20O3/c1-4-6(3)8(11)9(12)7(10)5-2/h6-12H,4-5H2,1-3H3. The molecule has 0 saturated carbocycles. The second-order valence-corrected chi connectivity index (χ2v) is 3.34. The molecule has 0 radical (unpaired) electrons. The van der Waals surface area contributed by atoms with E-state index in [0.29, 0.717) is 6.42 Å². The fourth-order valence-electron chi connectivity index (χ4n) is 1.05. The predicted molar refractivity (Wildman–Crippen MR) is 47.8 cm³/mol. The normalized spacial score (nSPS) is 21.5. The Balaban J connectivity index is 3.99. The first-order chi connectivity index (χ1) is 5.54. The summed E-state index contributed by atoms with van der Waals surface area (Å²) in [6.45, 7) is 5.58. The first kappa shape index (κ1) is 11.9. The van der Waals surface area contributed by atoms with E-state index >= 15 is 0 Å². The van der Waals surface area contributed by atoms with Crippen LogP contribution in [0.3, 0.4) is 0 Å². The Labute approximate surface area is 74.0 Å². The highest BCUT2D eigenvalue weighted by Gasteiger charge is 2.26. The van der Waals surface area contributed by atoms with Gasteiger partial charge in [-0.1, -0.05) is 27.2 Å². The van der Waals surface area contributed by atoms with Crippen LogP contribution in [0, 0.1) is 5.92 Å². The number of hydrogen-bond donors (Lipinski definition) is 3. The molecule has 0 spiro atoms. The fraction of sp³-hybridized carbons (Fsp3) is 1.00. The summed E-state index contributed by atoms with van der Waals surface area (Å²) in [5.74, 6) is 0.0289. The minimum Gasteiger partial charge on any atom is -0.390 e. The number of aliphatic hydroxyl groups excluding tert-OH is 3. The van der Waals surface area contributed by atoms with E-state index in [2.05, 4.69) is 0 Å². The highest BCUT2D eigenvalue weighted by atomic mass is 16.4. The summed E-state index contributed by atoms with van der Waals surface area (Å²) in [4.78, 5) is 0. The van der Waals surface area contributed by atoms with E-state index in [-0.39, 0.29) is 5.92 Å². The Kier molecular flexibility index (Phi) is 5.46. The van der Waals surface area contributed by atoms with Crippen molar-refractivity contribution < 1.29 is 15.3 Å². The average molecular weight is 176 g/mol. The molecule has 0 rings (SSSR count). The third-order valence-electron chi connectivity index (χ3n) is 2.39. The topological polar surface area (TPSA) is 60.7 Å². The Morgan fingerprint density at radius 1 is 0.917 bits per heavy atom. The van der Waals surface area contributed by atoms with Crippen LogP contribution in [0.15, 0.2) is 0 Å². The van der Waals surface area contributed by atoms with E-state index in [1.165, 1.54) is 0 Å². The van der Waals surface area contributed by atoms with Crippen molar-refractivity contribution in [3.8, 4) is 0 Å². The molecule has 0 fully saturated rings. The lowest BCUT2D eigenvalue weighted by Crippen LogP contribution is -2.40. The molecule has 0 heterocycles. The SMILES string of the molecule is CCC(C)C(O)C(O)C(O)CC. The molecular formula is C9H20O3. The third kappa shape index (κ3) is 3.09. The molecule has 12 heavy (non-hydrogen) atoms. The molecule has 0 aromatic carbocycles. The van der Waals surface area contributed by atoms with Gasteiger partial charge in [0.1, 0.15) is 6.10 Å². The van der Waals surface area contributed by atoms with Crippen LogP contribution in [-0.2, 0) is 0 Å². The molecule has 4 unspecified atom stereocenters. The minimum absolute atomic E-state index is 0.0289. The van der Waals surface area contributed by atoms with E-state index < -0.39 is 18.3 Å². The maximum absolute atomic E-state index is 9.48. The van der Waals surface area contributed by atoms with Gasteiger partial charge in [-0.05, 0) is 12.3 Å². The van der Waals surface area contributed by atoms with Crippen molar-refractivity contribution in [2.45, 2.75) is 51.9 Å². The summed E-state index contributed by atoms with van der Waals surface area (Å²) < 4.78 is 0. The van der Waals surface area contributed by atoms with Crippen molar-refractivity contribution in [1.29, 1.82) is 0 Å². The van der Waals surface area contributed by atoms with Crippen LogP contribution in [0.4, 0.5) is 0 Å². The third-order valence-corrected chi connectivity index (χ3v) is 2.39. The molecule has 0 saturated heterocycles. The largest absolute Gasteiger partial charge is 0.390 e. The molecule has 0 aliphatic rings. The van der Waals surface area contributed by atoms with Crippen LogP contribution in [0.5, 0.6) is 0 Å². The Hall–Kier alpha value is -0.120. The van der Waals surface area contributed by atoms with Crippen molar-refractivity contribution >= 4 is 0 Å². The molecule has 0 aromatic heterocycles. The van der Waals surface area contributed by atoms with Crippen molar-refractivity contribution in [2.75, 3.05) is 0 Å². The molecule has 0 aromatic rings. The van der Waals surface area contributed by atoms with E-state index in [1.807, 2.05) is 13.8 Å². The molecule has 74 valence electrons. The molecule has 3 heteroatoms. The Morgan fingerprint density at radius 2 is 1.42 bits per heavy atom. The molecule has 3 nitrogen and oxygen atoms in total. The summed E-state index contributed by atoms with van der Waals surface area (Å²) >= 11 is 0. The molecule has 3 N–H and O–H groups in total. The molecule has 0 aliphatic carbocycles. The van der Waals surface area contributed by atoms with Gasteiger partial charge in [0.05, 0.1) is 12.2 Å². The highest BCUT2D eigenvalue weighted by Crippen LogP contribution is 2.14. The molecule has 0 aliphatic heterocycles. The van der Waals surface area contributed by atoms with Gasteiger partial charge < -0.3 is 15.3 Å². The predicted octanol–water partition coefficient (Wildman–Crippen LogP) is 0.525. The Morgan fingerprint density at radius 3 is 1.75 bits per heavy atom. The highest BCUT2D eigenvalue weighted by molar-refractivity contribution is 4.77. The summed E-state index contributed by atoms with van der Waals surface area (Å²) in [5, 5.41) is 28.1. The first-order valence-electron chi connectivity index (χ1n) is 4.58. The summed E-state index contributed by atoms with van der Waals surface area (Å²) in [7, 11) is 0. The smallest absolute Gasteiger partial charge is 0.106 e. The van der Waals surface area contributed by atoms with Gasteiger partial charge in [-0.2, -0.15) is 0 Å². The van der Waals surface area contributed by atoms with Crippen molar-refractivity contribution in [3.63, 3.8) is 0 Å². The van der Waals surface area contributed by atoms with Gasteiger partial charge in [0.25, 0.3) is 0 Å². The maximum Gasteiger partial charge on any atom is 0.106 e. The monoisotopic (exact) mass is 176 g/mol. The van der Waals surface area contributed by atoms with Crippen LogP contribution in [0.2, 0.25) is 0 Å². The van der Waals surface area contributed by atoms with E-state index in [9.17, 15) is 15.3 Å². The van der Waals surface area contributed by atoms with E-state index in [4.69, 9.17) is 0 Å². The van der Waals surface area contributed by atoms with Gasteiger partial charge in [-0.3, -0.25) is 0 Å². The number of aliphatic hydroxyl groups is 3. The Bertz CT molecular complexity index is 102. The van der Waals surface area contributed by atoms with Gasteiger partial charge in [0, 0.05) is 0 Å². The number of hydrogen-bond acceptors (Lipinski definition) is 3. The maximum atomic E-state index is 9.48. The lowest BCUT2D eigenvalue weighted by atomic mass is 9.93. The first-order valence-corrected chi connectivity index (χ1v) is 4.58. The summed E-state index contributed by atoms with van der Waals surface area (Å²) in [6, 6.07) is 0. The quantitative estimate of drug-likeness (QED) is 0.572. The molecule has 4 atom stereocenters. The lowest BCUT2D eigenvalue weighted by Gasteiger charge is -2.25. The van der Waals surface area contributed by atoms with Crippen LogP contribution in [0.25, 0.3) is 0 Å². The molecule has 0 bridgehead atoms. The zero-order chi connectivity index (χ0) is 9.72. The molecular weight excluding hydrogens is 156 g/mol. The van der Waals surface area contributed by atoms with Crippen LogP contribution >= 0.6 is 0 Å². The van der Waals surface area contributed by atoms with Crippen molar-refractivity contribution in [2.24, 2.45) is 5.92 Å². The van der Waals surface area contributed by atoms with Crippen molar-refractivity contribution in [3.05, 3.63) is 0 Å². The van der Waals surface area contributed by atoms with E-state index in [0.717, 1.165) is 6.42 Å². The van der Waals surface area contributed by atoms with Gasteiger partial charge in [-0.15, -0.1) is 0 Å². The fourth-order valence-corrected chi connectivity index (χ4v) is 1.05.